The lowest BCUT2D eigenvalue weighted by Crippen LogP contribution is -2.38. The molecule has 1 aliphatic heterocycles. The molecule has 0 unspecified atom stereocenters. The van der Waals surface area contributed by atoms with E-state index in [2.05, 4.69) is 23.7 Å². The van der Waals surface area contributed by atoms with Gasteiger partial charge in [-0.25, -0.2) is 9.18 Å². The van der Waals surface area contributed by atoms with Crippen molar-refractivity contribution in [1.29, 1.82) is 0 Å². The standard InChI is InChI=1S/C20H23FN2O2/c1-13(2)23-10-8-14(9-11-23)18-4-3-5-19(22-18)17-12-15(21)6-7-16(17)20(24)25/h3-7,12-14H,8-11H2,1-2H3,(H,24,25). The van der Waals surface area contributed by atoms with Crippen LogP contribution in [0.1, 0.15) is 48.7 Å². The number of aromatic nitrogens is 1. The van der Waals surface area contributed by atoms with Gasteiger partial charge in [-0.05, 0) is 70.1 Å². The molecular formula is C20H23FN2O2. The largest absolute Gasteiger partial charge is 0.478 e. The average Bonchev–Trinajstić information content (AvgIpc) is 2.61. The van der Waals surface area contributed by atoms with Crippen LogP contribution in [0.25, 0.3) is 11.3 Å². The van der Waals surface area contributed by atoms with Crippen molar-refractivity contribution < 1.29 is 14.3 Å². The zero-order valence-corrected chi connectivity index (χ0v) is 14.6. The zero-order valence-electron chi connectivity index (χ0n) is 14.6. The molecule has 2 heterocycles. The van der Waals surface area contributed by atoms with Crippen LogP contribution in [0.15, 0.2) is 36.4 Å². The second-order valence-corrected chi connectivity index (χ2v) is 6.85. The van der Waals surface area contributed by atoms with Crippen molar-refractivity contribution in [3.05, 3.63) is 53.5 Å². The van der Waals surface area contributed by atoms with Crippen LogP contribution in [0.3, 0.4) is 0 Å². The fourth-order valence-electron chi connectivity index (χ4n) is 3.46. The predicted molar refractivity (Wildman–Crippen MR) is 95.3 cm³/mol. The normalized spacial score (nSPS) is 16.3. The summed E-state index contributed by atoms with van der Waals surface area (Å²) in [6.07, 6.45) is 2.06. The Morgan fingerprint density at radius 1 is 1.24 bits per heavy atom. The molecule has 0 amide bonds. The van der Waals surface area contributed by atoms with Crippen LogP contribution in [0, 0.1) is 5.82 Å². The van der Waals surface area contributed by atoms with Gasteiger partial charge in [0.15, 0.2) is 0 Å². The van der Waals surface area contributed by atoms with Crippen LogP contribution in [0.2, 0.25) is 0 Å². The van der Waals surface area contributed by atoms with Crippen molar-refractivity contribution in [3.63, 3.8) is 0 Å². The third-order valence-electron chi connectivity index (χ3n) is 4.94. The lowest BCUT2D eigenvalue weighted by molar-refractivity contribution is 0.0697. The summed E-state index contributed by atoms with van der Waals surface area (Å²) in [5.41, 5.74) is 1.87. The van der Waals surface area contributed by atoms with Crippen LogP contribution in [-0.4, -0.2) is 40.1 Å². The van der Waals surface area contributed by atoms with Crippen molar-refractivity contribution in [1.82, 2.24) is 9.88 Å². The van der Waals surface area contributed by atoms with Gasteiger partial charge in [0.1, 0.15) is 5.82 Å². The highest BCUT2D eigenvalue weighted by atomic mass is 19.1. The number of piperidine rings is 1. The van der Waals surface area contributed by atoms with Crippen LogP contribution in [0.5, 0.6) is 0 Å². The third kappa shape index (κ3) is 3.87. The smallest absolute Gasteiger partial charge is 0.336 e. The van der Waals surface area contributed by atoms with Gasteiger partial charge in [0.2, 0.25) is 0 Å². The van der Waals surface area contributed by atoms with E-state index in [4.69, 9.17) is 0 Å². The first-order valence-electron chi connectivity index (χ1n) is 8.70. The van der Waals surface area contributed by atoms with Crippen molar-refractivity contribution in [2.24, 2.45) is 0 Å². The number of halogens is 1. The van der Waals surface area contributed by atoms with Gasteiger partial charge in [0.25, 0.3) is 0 Å². The second kappa shape index (κ2) is 7.31. The first-order chi connectivity index (χ1) is 12.0. The van der Waals surface area contributed by atoms with Gasteiger partial charge < -0.3 is 10.0 Å². The van der Waals surface area contributed by atoms with Gasteiger partial charge in [0, 0.05) is 23.2 Å². The molecule has 1 aromatic heterocycles. The molecule has 25 heavy (non-hydrogen) atoms. The lowest BCUT2D eigenvalue weighted by atomic mass is 9.92. The van der Waals surface area contributed by atoms with E-state index in [1.54, 1.807) is 6.07 Å². The molecular weight excluding hydrogens is 319 g/mol. The Morgan fingerprint density at radius 3 is 2.60 bits per heavy atom. The molecule has 0 saturated carbocycles. The maximum absolute atomic E-state index is 13.6. The Hall–Kier alpha value is -2.27. The number of carbonyl (C=O) groups is 1. The van der Waals surface area contributed by atoms with E-state index in [0.717, 1.165) is 31.6 Å². The number of carboxylic acids is 1. The number of pyridine rings is 1. The van der Waals surface area contributed by atoms with Gasteiger partial charge in [-0.15, -0.1) is 0 Å². The van der Waals surface area contributed by atoms with E-state index in [1.807, 2.05) is 12.1 Å². The molecule has 1 aromatic carbocycles. The van der Waals surface area contributed by atoms with Crippen molar-refractivity contribution in [3.8, 4) is 11.3 Å². The Kier molecular flexibility index (Phi) is 5.13. The number of nitrogens with zero attached hydrogens (tertiary/aromatic N) is 2. The van der Waals surface area contributed by atoms with E-state index in [9.17, 15) is 14.3 Å². The highest BCUT2D eigenvalue weighted by molar-refractivity contribution is 5.95. The molecule has 1 saturated heterocycles. The van der Waals surface area contributed by atoms with E-state index in [-0.39, 0.29) is 5.56 Å². The number of rotatable bonds is 4. The quantitative estimate of drug-likeness (QED) is 0.906. The van der Waals surface area contributed by atoms with Gasteiger partial charge in [-0.3, -0.25) is 4.98 Å². The number of hydrogen-bond donors (Lipinski definition) is 1. The topological polar surface area (TPSA) is 53.4 Å². The van der Waals surface area contributed by atoms with E-state index in [0.29, 0.717) is 23.2 Å². The molecule has 0 radical (unpaired) electrons. The van der Waals surface area contributed by atoms with E-state index in [1.165, 1.54) is 18.2 Å². The summed E-state index contributed by atoms with van der Waals surface area (Å²) >= 11 is 0. The molecule has 0 atom stereocenters. The highest BCUT2D eigenvalue weighted by Crippen LogP contribution is 2.30. The molecule has 2 aromatic rings. The minimum Gasteiger partial charge on any atom is -0.478 e. The molecule has 1 fully saturated rings. The van der Waals surface area contributed by atoms with Gasteiger partial charge in [0.05, 0.1) is 11.3 Å². The third-order valence-corrected chi connectivity index (χ3v) is 4.94. The Labute approximate surface area is 147 Å². The average molecular weight is 342 g/mol. The van der Waals surface area contributed by atoms with Gasteiger partial charge >= 0.3 is 5.97 Å². The first-order valence-corrected chi connectivity index (χ1v) is 8.70. The molecule has 4 nitrogen and oxygen atoms in total. The predicted octanol–water partition coefficient (Wildman–Crippen LogP) is 4.17. The fourth-order valence-corrected chi connectivity index (χ4v) is 3.46. The minimum absolute atomic E-state index is 0.0701. The number of aromatic carboxylic acids is 1. The van der Waals surface area contributed by atoms with Crippen LogP contribution in [0.4, 0.5) is 4.39 Å². The molecule has 1 N–H and O–H groups in total. The van der Waals surface area contributed by atoms with E-state index >= 15 is 0 Å². The molecule has 0 spiro atoms. The highest BCUT2D eigenvalue weighted by Gasteiger charge is 2.23. The monoisotopic (exact) mass is 342 g/mol. The molecule has 5 heteroatoms. The molecule has 3 rings (SSSR count). The first kappa shape index (κ1) is 17.5. The molecule has 0 bridgehead atoms. The summed E-state index contributed by atoms with van der Waals surface area (Å²) in [4.78, 5) is 18.6. The van der Waals surface area contributed by atoms with Crippen molar-refractivity contribution in [2.45, 2.75) is 38.6 Å². The SMILES string of the molecule is CC(C)N1CCC(c2cccc(-c3cc(F)ccc3C(=O)O)n2)CC1. The van der Waals surface area contributed by atoms with Crippen LogP contribution in [-0.2, 0) is 0 Å². The fraction of sp³-hybridized carbons (Fsp3) is 0.400. The molecule has 0 aliphatic carbocycles. The summed E-state index contributed by atoms with van der Waals surface area (Å²) in [5.74, 6) is -1.18. The minimum atomic E-state index is -1.08. The maximum atomic E-state index is 13.6. The van der Waals surface area contributed by atoms with Gasteiger partial charge in [-0.1, -0.05) is 6.07 Å². The number of likely N-dealkylation sites (tertiary alicyclic amines) is 1. The summed E-state index contributed by atoms with van der Waals surface area (Å²) in [7, 11) is 0. The molecule has 132 valence electrons. The summed E-state index contributed by atoms with van der Waals surface area (Å²) in [6.45, 7) is 6.48. The zero-order chi connectivity index (χ0) is 18.0. The van der Waals surface area contributed by atoms with E-state index < -0.39 is 11.8 Å². The number of hydrogen-bond acceptors (Lipinski definition) is 3. The van der Waals surface area contributed by atoms with Crippen LogP contribution < -0.4 is 0 Å². The Bertz CT molecular complexity index is 768. The van der Waals surface area contributed by atoms with Gasteiger partial charge in [-0.2, -0.15) is 0 Å². The Morgan fingerprint density at radius 2 is 1.96 bits per heavy atom. The summed E-state index contributed by atoms with van der Waals surface area (Å²) in [6, 6.07) is 9.86. The Balaban J connectivity index is 1.88. The maximum Gasteiger partial charge on any atom is 0.336 e. The summed E-state index contributed by atoms with van der Waals surface area (Å²) in [5, 5.41) is 9.36. The van der Waals surface area contributed by atoms with Crippen LogP contribution >= 0.6 is 0 Å². The number of carboxylic acid groups (broad SMARTS) is 1. The lowest BCUT2D eigenvalue weighted by Gasteiger charge is -2.34. The summed E-state index contributed by atoms with van der Waals surface area (Å²) < 4.78 is 13.6. The number of benzene rings is 1. The molecule has 1 aliphatic rings. The van der Waals surface area contributed by atoms with Crippen molar-refractivity contribution >= 4 is 5.97 Å². The van der Waals surface area contributed by atoms with Crippen molar-refractivity contribution in [2.75, 3.05) is 13.1 Å². The second-order valence-electron chi connectivity index (χ2n) is 6.85.